The van der Waals surface area contributed by atoms with Gasteiger partial charge in [-0.3, -0.25) is 9.36 Å². The lowest BCUT2D eigenvalue weighted by atomic mass is 9.96. The molecule has 0 bridgehead atoms. The Kier molecular flexibility index (Phi) is 7.67. The minimum atomic E-state index is -0.497. The lowest BCUT2D eigenvalue weighted by Gasteiger charge is -2.26. The number of nitrogens with zero attached hydrogens (tertiary/aromatic N) is 3. The topological polar surface area (TPSA) is 64.4 Å². The molecule has 0 aliphatic rings. The number of benzene rings is 1. The first-order valence-corrected chi connectivity index (χ1v) is 10.9. The number of amides is 1. The fourth-order valence-corrected chi connectivity index (χ4v) is 3.33. The van der Waals surface area contributed by atoms with Gasteiger partial charge in [-0.2, -0.15) is 0 Å². The summed E-state index contributed by atoms with van der Waals surface area (Å²) in [6, 6.07) is 7.52. The van der Waals surface area contributed by atoms with Crippen molar-refractivity contribution in [2.75, 3.05) is 13.1 Å². The Hall–Kier alpha value is -2.37. The average molecular weight is 416 g/mol. The molecule has 1 aromatic heterocycles. The van der Waals surface area contributed by atoms with Gasteiger partial charge in [0.05, 0.1) is 10.9 Å². The van der Waals surface area contributed by atoms with Crippen LogP contribution in [0.15, 0.2) is 29.1 Å². The van der Waals surface area contributed by atoms with E-state index in [2.05, 4.69) is 20.8 Å². The van der Waals surface area contributed by atoms with Gasteiger partial charge in [0.15, 0.2) is 0 Å². The lowest BCUT2D eigenvalue weighted by Crippen LogP contribution is -2.37. The van der Waals surface area contributed by atoms with Gasteiger partial charge < -0.3 is 9.64 Å². The van der Waals surface area contributed by atoms with Crippen LogP contribution in [0.4, 0.5) is 4.79 Å². The van der Waals surface area contributed by atoms with E-state index in [4.69, 9.17) is 9.72 Å². The first kappa shape index (κ1) is 23.9. The largest absolute Gasteiger partial charge is 0.444 e. The molecule has 0 radical (unpaired) electrons. The monoisotopic (exact) mass is 415 g/mol. The Bertz CT molecular complexity index is 920. The Morgan fingerprint density at radius 2 is 1.77 bits per heavy atom. The molecule has 6 nitrogen and oxygen atoms in total. The fraction of sp³-hybridized carbons (Fsp3) is 0.625. The number of hydrogen-bond donors (Lipinski definition) is 0. The van der Waals surface area contributed by atoms with Gasteiger partial charge in [-0.25, -0.2) is 9.78 Å². The van der Waals surface area contributed by atoms with Crippen LogP contribution in [0.5, 0.6) is 0 Å². The molecule has 1 heterocycles. The Balaban J connectivity index is 2.12. The summed E-state index contributed by atoms with van der Waals surface area (Å²) in [5.41, 5.74) is 0.238. The van der Waals surface area contributed by atoms with Crippen LogP contribution in [-0.2, 0) is 17.7 Å². The smallest absolute Gasteiger partial charge is 0.410 e. The van der Waals surface area contributed by atoms with Gasteiger partial charge in [0.2, 0.25) is 0 Å². The average Bonchev–Trinajstić information content (AvgIpc) is 2.62. The van der Waals surface area contributed by atoms with Crippen molar-refractivity contribution in [3.63, 3.8) is 0 Å². The maximum Gasteiger partial charge on any atom is 0.410 e. The van der Waals surface area contributed by atoms with Crippen LogP contribution in [0.2, 0.25) is 0 Å². The van der Waals surface area contributed by atoms with Crippen LogP contribution < -0.4 is 5.56 Å². The molecule has 0 spiro atoms. The SMILES string of the molecule is CCN(CCCCc1nc2ccccc2c(=O)n1CC(C)(C)C)C(=O)OC(C)(C)C. The third-order valence-corrected chi connectivity index (χ3v) is 4.68. The standard InChI is InChI=1S/C24H37N3O3/c1-8-26(22(29)30-24(5,6)7)16-12-11-15-20-25-19-14-10-9-13-18(19)21(28)27(20)17-23(2,3)4/h9-10,13-14H,8,11-12,15-17H2,1-7H3. The van der Waals surface area contributed by atoms with Gasteiger partial charge in [0, 0.05) is 26.1 Å². The van der Waals surface area contributed by atoms with E-state index in [1.807, 2.05) is 56.5 Å². The number of unbranched alkanes of at least 4 members (excludes halogenated alkanes) is 1. The predicted molar refractivity (Wildman–Crippen MR) is 122 cm³/mol. The normalized spacial score (nSPS) is 12.2. The van der Waals surface area contributed by atoms with E-state index in [1.54, 1.807) is 4.90 Å². The van der Waals surface area contributed by atoms with Crippen molar-refractivity contribution in [1.29, 1.82) is 0 Å². The molecule has 2 rings (SSSR count). The summed E-state index contributed by atoms with van der Waals surface area (Å²) in [7, 11) is 0. The molecule has 1 amide bonds. The molecule has 6 heteroatoms. The van der Waals surface area contributed by atoms with Gasteiger partial charge in [0.25, 0.3) is 5.56 Å². The summed E-state index contributed by atoms with van der Waals surface area (Å²) in [5, 5.41) is 0.660. The first-order valence-electron chi connectivity index (χ1n) is 10.9. The zero-order valence-electron chi connectivity index (χ0n) is 19.6. The van der Waals surface area contributed by atoms with Gasteiger partial charge in [0.1, 0.15) is 11.4 Å². The molecule has 0 fully saturated rings. The van der Waals surface area contributed by atoms with Crippen LogP contribution in [0.25, 0.3) is 10.9 Å². The highest BCUT2D eigenvalue weighted by molar-refractivity contribution is 5.77. The van der Waals surface area contributed by atoms with Gasteiger partial charge in [-0.05, 0) is 58.1 Å². The number of fused-ring (bicyclic) bond motifs is 1. The van der Waals surface area contributed by atoms with Crippen molar-refractivity contribution >= 4 is 17.0 Å². The van der Waals surface area contributed by atoms with Crippen molar-refractivity contribution in [3.05, 3.63) is 40.4 Å². The molecule has 166 valence electrons. The summed E-state index contributed by atoms with van der Waals surface area (Å²) in [6.07, 6.45) is 2.08. The molecular weight excluding hydrogens is 378 g/mol. The molecule has 0 N–H and O–H groups in total. The molecule has 30 heavy (non-hydrogen) atoms. The summed E-state index contributed by atoms with van der Waals surface area (Å²) in [6.45, 7) is 15.8. The van der Waals surface area contributed by atoms with Crippen molar-refractivity contribution in [1.82, 2.24) is 14.5 Å². The van der Waals surface area contributed by atoms with Crippen molar-refractivity contribution < 1.29 is 9.53 Å². The van der Waals surface area contributed by atoms with Crippen molar-refractivity contribution in [2.24, 2.45) is 5.41 Å². The first-order chi connectivity index (χ1) is 13.9. The van der Waals surface area contributed by atoms with E-state index in [-0.39, 0.29) is 17.1 Å². The number of aromatic nitrogens is 2. The van der Waals surface area contributed by atoms with Crippen LogP contribution in [-0.4, -0.2) is 39.2 Å². The molecule has 0 aliphatic heterocycles. The molecule has 0 atom stereocenters. The van der Waals surface area contributed by atoms with Gasteiger partial charge in [-0.15, -0.1) is 0 Å². The van der Waals surface area contributed by atoms with Crippen LogP contribution >= 0.6 is 0 Å². The zero-order valence-corrected chi connectivity index (χ0v) is 19.6. The molecular formula is C24H37N3O3. The maximum atomic E-state index is 13.1. The third-order valence-electron chi connectivity index (χ3n) is 4.68. The van der Waals surface area contributed by atoms with Crippen molar-refractivity contribution in [3.8, 4) is 0 Å². The number of aryl methyl sites for hydroxylation is 1. The molecule has 0 aliphatic carbocycles. The van der Waals surface area contributed by atoms with E-state index in [0.29, 0.717) is 31.4 Å². The number of carbonyl (C=O) groups excluding carboxylic acids is 1. The fourth-order valence-electron chi connectivity index (χ4n) is 3.33. The highest BCUT2D eigenvalue weighted by atomic mass is 16.6. The number of carbonyl (C=O) groups is 1. The minimum absolute atomic E-state index is 0.0227. The van der Waals surface area contributed by atoms with Crippen LogP contribution in [0.1, 0.15) is 67.1 Å². The molecule has 0 saturated heterocycles. The maximum absolute atomic E-state index is 13.1. The number of rotatable bonds is 7. The molecule has 0 unspecified atom stereocenters. The second kappa shape index (κ2) is 9.63. The summed E-state index contributed by atoms with van der Waals surface area (Å²) >= 11 is 0. The highest BCUT2D eigenvalue weighted by Gasteiger charge is 2.21. The van der Waals surface area contributed by atoms with E-state index in [0.717, 1.165) is 24.2 Å². The second-order valence-corrected chi connectivity index (χ2v) is 10.0. The van der Waals surface area contributed by atoms with Crippen LogP contribution in [0.3, 0.4) is 0 Å². The van der Waals surface area contributed by atoms with E-state index >= 15 is 0 Å². The minimum Gasteiger partial charge on any atom is -0.444 e. The zero-order chi connectivity index (χ0) is 22.5. The van der Waals surface area contributed by atoms with E-state index < -0.39 is 5.60 Å². The Labute approximate surface area is 180 Å². The second-order valence-electron chi connectivity index (χ2n) is 10.0. The van der Waals surface area contributed by atoms with Gasteiger partial charge in [-0.1, -0.05) is 32.9 Å². The predicted octanol–water partition coefficient (Wildman–Crippen LogP) is 5.02. The molecule has 1 aromatic carbocycles. The molecule has 2 aromatic rings. The summed E-state index contributed by atoms with van der Waals surface area (Å²) in [5.74, 6) is 0.814. The summed E-state index contributed by atoms with van der Waals surface area (Å²) in [4.78, 5) is 31.9. The number of ether oxygens (including phenoxy) is 1. The Morgan fingerprint density at radius 1 is 1.10 bits per heavy atom. The number of para-hydroxylation sites is 1. The number of hydrogen-bond acceptors (Lipinski definition) is 4. The third kappa shape index (κ3) is 6.85. The summed E-state index contributed by atoms with van der Waals surface area (Å²) < 4.78 is 7.30. The van der Waals surface area contributed by atoms with E-state index in [1.165, 1.54) is 0 Å². The van der Waals surface area contributed by atoms with Crippen molar-refractivity contribution in [2.45, 2.75) is 79.9 Å². The quantitative estimate of drug-likeness (QED) is 0.596. The van der Waals surface area contributed by atoms with Gasteiger partial charge >= 0.3 is 6.09 Å². The highest BCUT2D eigenvalue weighted by Crippen LogP contribution is 2.18. The van der Waals surface area contributed by atoms with Crippen LogP contribution in [0, 0.1) is 5.41 Å². The Morgan fingerprint density at radius 3 is 2.37 bits per heavy atom. The molecule has 0 saturated carbocycles. The lowest BCUT2D eigenvalue weighted by molar-refractivity contribution is 0.0257. The van der Waals surface area contributed by atoms with E-state index in [9.17, 15) is 9.59 Å².